The molecule has 0 spiro atoms. The quantitative estimate of drug-likeness (QED) is 0.321. The third kappa shape index (κ3) is 4.26. The van der Waals surface area contributed by atoms with Crippen LogP contribution in [0.5, 0.6) is 5.75 Å². The van der Waals surface area contributed by atoms with E-state index in [1.807, 2.05) is 24.3 Å². The highest BCUT2D eigenvalue weighted by molar-refractivity contribution is 5.55. The Balaban J connectivity index is 1.46. The Morgan fingerprint density at radius 3 is 1.61 bits per heavy atom. The SMILES string of the molecule is c1ccc(C(CCOc2ccc(-c3nn[nH]n3)cc2)(c2ccccc2)c2ccccc2)cc1. The molecular formula is C28H24N4O. The van der Waals surface area contributed by atoms with Gasteiger partial charge in [0.15, 0.2) is 0 Å². The van der Waals surface area contributed by atoms with Crippen molar-refractivity contribution in [2.75, 3.05) is 6.61 Å². The van der Waals surface area contributed by atoms with Crippen molar-refractivity contribution in [3.63, 3.8) is 0 Å². The molecule has 0 fully saturated rings. The summed E-state index contributed by atoms with van der Waals surface area (Å²) in [5.41, 5.74) is 4.31. The predicted molar refractivity (Wildman–Crippen MR) is 129 cm³/mol. The van der Waals surface area contributed by atoms with E-state index in [-0.39, 0.29) is 5.41 Å². The second kappa shape index (κ2) is 9.49. The lowest BCUT2D eigenvalue weighted by Gasteiger charge is -2.36. The Morgan fingerprint density at radius 2 is 1.15 bits per heavy atom. The van der Waals surface area contributed by atoms with Gasteiger partial charge in [0.1, 0.15) is 5.75 Å². The Bertz CT molecular complexity index is 1160. The Kier molecular flexibility index (Phi) is 5.93. The van der Waals surface area contributed by atoms with Gasteiger partial charge in [-0.3, -0.25) is 0 Å². The van der Waals surface area contributed by atoms with Crippen LogP contribution in [-0.2, 0) is 5.41 Å². The first-order chi connectivity index (χ1) is 16.4. The van der Waals surface area contributed by atoms with Gasteiger partial charge >= 0.3 is 0 Å². The van der Waals surface area contributed by atoms with E-state index < -0.39 is 0 Å². The van der Waals surface area contributed by atoms with Crippen molar-refractivity contribution in [1.29, 1.82) is 0 Å². The lowest BCUT2D eigenvalue weighted by Crippen LogP contribution is -2.31. The minimum absolute atomic E-state index is 0.325. The van der Waals surface area contributed by atoms with Crippen LogP contribution < -0.4 is 4.74 Å². The van der Waals surface area contributed by atoms with Crippen LogP contribution >= 0.6 is 0 Å². The van der Waals surface area contributed by atoms with Crippen molar-refractivity contribution >= 4 is 0 Å². The van der Waals surface area contributed by atoms with Gasteiger partial charge in [-0.1, -0.05) is 91.0 Å². The van der Waals surface area contributed by atoms with Crippen LogP contribution in [0.4, 0.5) is 0 Å². The molecule has 0 saturated carbocycles. The van der Waals surface area contributed by atoms with E-state index in [1.165, 1.54) is 16.7 Å². The summed E-state index contributed by atoms with van der Waals surface area (Å²) in [5, 5.41) is 14.1. The van der Waals surface area contributed by atoms with E-state index in [0.717, 1.165) is 17.7 Å². The molecule has 5 heteroatoms. The fraction of sp³-hybridized carbons (Fsp3) is 0.107. The third-order valence-corrected chi connectivity index (χ3v) is 6.00. The Hall–Kier alpha value is -4.25. The average Bonchev–Trinajstić information content (AvgIpc) is 3.44. The highest BCUT2D eigenvalue weighted by atomic mass is 16.5. The molecule has 0 unspecified atom stereocenters. The maximum Gasteiger partial charge on any atom is 0.204 e. The summed E-state index contributed by atoms with van der Waals surface area (Å²) >= 11 is 0. The van der Waals surface area contributed by atoms with Crippen molar-refractivity contribution in [2.24, 2.45) is 0 Å². The van der Waals surface area contributed by atoms with Crippen LogP contribution in [0.15, 0.2) is 115 Å². The van der Waals surface area contributed by atoms with E-state index in [4.69, 9.17) is 4.74 Å². The lowest BCUT2D eigenvalue weighted by atomic mass is 9.67. The van der Waals surface area contributed by atoms with Gasteiger partial charge in [-0.15, -0.1) is 10.2 Å². The summed E-state index contributed by atoms with van der Waals surface area (Å²) in [7, 11) is 0. The summed E-state index contributed by atoms with van der Waals surface area (Å²) in [4.78, 5) is 0. The van der Waals surface area contributed by atoms with E-state index in [9.17, 15) is 0 Å². The molecule has 162 valence electrons. The van der Waals surface area contributed by atoms with Gasteiger partial charge in [0.2, 0.25) is 5.82 Å². The first-order valence-corrected chi connectivity index (χ1v) is 11.0. The van der Waals surface area contributed by atoms with Gasteiger partial charge in [-0.05, 0) is 52.6 Å². The van der Waals surface area contributed by atoms with Gasteiger partial charge in [0, 0.05) is 11.0 Å². The standard InChI is InChI=1S/C28H24N4O/c1-4-10-23(11-5-1)28(24-12-6-2-7-13-24,25-14-8-3-9-15-25)20-21-33-26-18-16-22(17-19-26)27-29-31-32-30-27/h1-19H,20-21H2,(H,29,30,31,32). The molecule has 0 amide bonds. The van der Waals surface area contributed by atoms with Gasteiger partial charge in [0.05, 0.1) is 6.61 Å². The van der Waals surface area contributed by atoms with E-state index in [2.05, 4.69) is 112 Å². The molecule has 0 saturated heterocycles. The normalized spacial score (nSPS) is 11.3. The minimum atomic E-state index is -0.325. The highest BCUT2D eigenvalue weighted by Crippen LogP contribution is 2.42. The predicted octanol–water partition coefficient (Wildman–Crippen LogP) is 5.67. The van der Waals surface area contributed by atoms with Crippen LogP contribution in [0.1, 0.15) is 23.1 Å². The number of rotatable bonds is 8. The third-order valence-electron chi connectivity index (χ3n) is 6.00. The van der Waals surface area contributed by atoms with Crippen molar-refractivity contribution < 1.29 is 4.74 Å². The van der Waals surface area contributed by atoms with Crippen LogP contribution in [0.2, 0.25) is 0 Å². The van der Waals surface area contributed by atoms with E-state index in [1.54, 1.807) is 0 Å². The van der Waals surface area contributed by atoms with Gasteiger partial charge in [0.25, 0.3) is 0 Å². The molecule has 0 atom stereocenters. The second-order valence-electron chi connectivity index (χ2n) is 7.86. The number of aromatic nitrogens is 4. The average molecular weight is 433 g/mol. The minimum Gasteiger partial charge on any atom is -0.494 e. The van der Waals surface area contributed by atoms with Crippen LogP contribution in [0, 0.1) is 0 Å². The van der Waals surface area contributed by atoms with Crippen LogP contribution in [0.25, 0.3) is 11.4 Å². The number of nitrogens with zero attached hydrogens (tertiary/aromatic N) is 3. The fourth-order valence-corrected chi connectivity index (χ4v) is 4.41. The van der Waals surface area contributed by atoms with E-state index in [0.29, 0.717) is 12.4 Å². The van der Waals surface area contributed by atoms with Crippen LogP contribution in [-0.4, -0.2) is 27.2 Å². The largest absolute Gasteiger partial charge is 0.494 e. The molecule has 0 aliphatic heterocycles. The summed E-state index contributed by atoms with van der Waals surface area (Å²) in [6.45, 7) is 0.556. The monoisotopic (exact) mass is 432 g/mol. The Morgan fingerprint density at radius 1 is 0.636 bits per heavy atom. The maximum absolute atomic E-state index is 6.23. The maximum atomic E-state index is 6.23. The zero-order valence-electron chi connectivity index (χ0n) is 18.1. The van der Waals surface area contributed by atoms with Crippen molar-refractivity contribution in [3.8, 4) is 17.1 Å². The summed E-state index contributed by atoms with van der Waals surface area (Å²) in [6.07, 6.45) is 0.789. The number of tetrazole rings is 1. The molecule has 4 aromatic carbocycles. The van der Waals surface area contributed by atoms with Gasteiger partial charge < -0.3 is 4.74 Å². The van der Waals surface area contributed by atoms with Gasteiger partial charge in [-0.25, -0.2) is 0 Å². The molecule has 33 heavy (non-hydrogen) atoms. The number of benzene rings is 4. The molecule has 5 aromatic rings. The molecule has 0 aliphatic rings. The molecular weight excluding hydrogens is 408 g/mol. The first kappa shape index (κ1) is 20.6. The highest BCUT2D eigenvalue weighted by Gasteiger charge is 2.36. The molecule has 5 nitrogen and oxygen atoms in total. The van der Waals surface area contributed by atoms with Crippen LogP contribution in [0.3, 0.4) is 0 Å². The zero-order valence-corrected chi connectivity index (χ0v) is 18.1. The number of H-pyrrole nitrogens is 1. The zero-order chi connectivity index (χ0) is 22.3. The van der Waals surface area contributed by atoms with Gasteiger partial charge in [-0.2, -0.15) is 5.21 Å². The molecule has 1 N–H and O–H groups in total. The summed E-state index contributed by atoms with van der Waals surface area (Å²) < 4.78 is 6.23. The number of hydrogen-bond donors (Lipinski definition) is 1. The molecule has 1 aromatic heterocycles. The number of ether oxygens (including phenoxy) is 1. The van der Waals surface area contributed by atoms with Crippen molar-refractivity contribution in [1.82, 2.24) is 20.6 Å². The molecule has 5 rings (SSSR count). The van der Waals surface area contributed by atoms with Crippen molar-refractivity contribution in [2.45, 2.75) is 11.8 Å². The van der Waals surface area contributed by atoms with Crippen molar-refractivity contribution in [3.05, 3.63) is 132 Å². The topological polar surface area (TPSA) is 63.7 Å². The molecule has 0 bridgehead atoms. The van der Waals surface area contributed by atoms with E-state index >= 15 is 0 Å². The second-order valence-corrected chi connectivity index (χ2v) is 7.86. The Labute approximate surface area is 193 Å². The fourth-order valence-electron chi connectivity index (χ4n) is 4.41. The first-order valence-electron chi connectivity index (χ1n) is 11.0. The molecule has 1 heterocycles. The smallest absolute Gasteiger partial charge is 0.204 e. The number of aromatic amines is 1. The lowest BCUT2D eigenvalue weighted by molar-refractivity contribution is 0.286. The summed E-state index contributed by atoms with van der Waals surface area (Å²) in [6, 6.07) is 39.8. The number of nitrogens with one attached hydrogen (secondary N) is 1. The molecule has 0 radical (unpaired) electrons. The molecule has 0 aliphatic carbocycles. The summed E-state index contributed by atoms with van der Waals surface area (Å²) in [5.74, 6) is 1.38. The number of hydrogen-bond acceptors (Lipinski definition) is 4.